The fourth-order valence-electron chi connectivity index (χ4n) is 2.10. The van der Waals surface area contributed by atoms with Gasteiger partial charge in [0.15, 0.2) is 5.78 Å². The average molecular weight is 309 g/mol. The first kappa shape index (κ1) is 15.8. The molecule has 0 fully saturated rings. The van der Waals surface area contributed by atoms with Crippen LogP contribution in [0.15, 0.2) is 35.7 Å². The van der Waals surface area contributed by atoms with Crippen molar-refractivity contribution >= 4 is 17.1 Å². The smallest absolute Gasteiger partial charge is 0.182 e. The molecule has 21 heavy (non-hydrogen) atoms. The number of carbonyl (C=O) groups excluding carboxylic acids is 1. The molecular weight excluding hydrogens is 292 g/mol. The molecule has 0 saturated carbocycles. The quantitative estimate of drug-likeness (QED) is 0.757. The minimum Gasteiger partial charge on any atom is -0.296 e. The first-order valence-corrected chi connectivity index (χ1v) is 7.57. The number of nitrogens with zero attached hydrogens (tertiary/aromatic N) is 1. The highest BCUT2D eigenvalue weighted by Crippen LogP contribution is 2.16. The summed E-state index contributed by atoms with van der Waals surface area (Å²) in [4.78, 5) is 15.1. The van der Waals surface area contributed by atoms with Crippen molar-refractivity contribution in [3.05, 3.63) is 57.8 Å². The van der Waals surface area contributed by atoms with Gasteiger partial charge in [0.2, 0.25) is 0 Å². The first-order chi connectivity index (χ1) is 9.99. The molecule has 1 aromatic heterocycles. The Morgan fingerprint density at radius 3 is 2.48 bits per heavy atom. The second-order valence-corrected chi connectivity index (χ2v) is 6.10. The molecule has 0 spiro atoms. The van der Waals surface area contributed by atoms with Crippen molar-refractivity contribution in [3.8, 4) is 0 Å². The van der Waals surface area contributed by atoms with Gasteiger partial charge in [0, 0.05) is 10.9 Å². The Morgan fingerprint density at radius 2 is 1.90 bits per heavy atom. The van der Waals surface area contributed by atoms with Crippen LogP contribution in [0.25, 0.3) is 0 Å². The van der Waals surface area contributed by atoms with Crippen molar-refractivity contribution in [2.45, 2.75) is 19.4 Å². The van der Waals surface area contributed by atoms with E-state index >= 15 is 0 Å². The van der Waals surface area contributed by atoms with Crippen molar-refractivity contribution in [3.63, 3.8) is 0 Å². The third-order valence-corrected chi connectivity index (χ3v) is 4.36. The fourth-order valence-corrected chi connectivity index (χ4v) is 2.93. The van der Waals surface area contributed by atoms with Gasteiger partial charge in [-0.25, -0.2) is 8.78 Å². The van der Waals surface area contributed by atoms with Crippen LogP contribution in [0.3, 0.4) is 0 Å². The first-order valence-electron chi connectivity index (χ1n) is 6.69. The van der Waals surface area contributed by atoms with Crippen LogP contribution in [0, 0.1) is 11.6 Å². The van der Waals surface area contributed by atoms with Gasteiger partial charge in [0.05, 0.1) is 12.1 Å². The van der Waals surface area contributed by atoms with Gasteiger partial charge in [-0.05, 0) is 44.0 Å². The topological polar surface area (TPSA) is 20.3 Å². The second kappa shape index (κ2) is 6.91. The Labute approximate surface area is 127 Å². The summed E-state index contributed by atoms with van der Waals surface area (Å²) >= 11 is 1.66. The largest absolute Gasteiger partial charge is 0.296 e. The van der Waals surface area contributed by atoms with Crippen LogP contribution < -0.4 is 0 Å². The maximum atomic E-state index is 13.6. The Balaban J connectivity index is 2.01. The summed E-state index contributed by atoms with van der Waals surface area (Å²) in [5.74, 6) is -2.15. The maximum absolute atomic E-state index is 13.6. The molecule has 0 aliphatic rings. The molecule has 1 heterocycles. The van der Waals surface area contributed by atoms with Gasteiger partial charge in [0.25, 0.3) is 0 Å². The molecule has 1 aromatic carbocycles. The molecule has 0 amide bonds. The van der Waals surface area contributed by atoms with E-state index in [0.29, 0.717) is 0 Å². The number of hydrogen-bond donors (Lipinski definition) is 0. The van der Waals surface area contributed by atoms with E-state index in [1.807, 2.05) is 29.3 Å². The van der Waals surface area contributed by atoms with E-state index in [1.54, 1.807) is 18.4 Å². The number of benzene rings is 1. The molecule has 0 N–H and O–H groups in total. The standard InChI is InChI=1S/C16H17F2NOS/c1-11(9-12-5-4-8-21-12)19(2)10-15(20)16-13(17)6-3-7-14(16)18/h3-8,11H,9-10H2,1-2H3. The predicted octanol–water partition coefficient (Wildman–Crippen LogP) is 3.77. The van der Waals surface area contributed by atoms with Crippen LogP contribution >= 0.6 is 11.3 Å². The van der Waals surface area contributed by atoms with Crippen molar-refractivity contribution in [2.75, 3.05) is 13.6 Å². The molecule has 1 atom stereocenters. The van der Waals surface area contributed by atoms with Crippen molar-refractivity contribution in [1.82, 2.24) is 4.90 Å². The molecule has 5 heteroatoms. The number of ketones is 1. The van der Waals surface area contributed by atoms with E-state index in [2.05, 4.69) is 0 Å². The van der Waals surface area contributed by atoms with Crippen LogP contribution in [0.1, 0.15) is 22.2 Å². The van der Waals surface area contributed by atoms with E-state index in [9.17, 15) is 13.6 Å². The summed E-state index contributed by atoms with van der Waals surface area (Å²) in [6.45, 7) is 1.98. The van der Waals surface area contributed by atoms with Crippen molar-refractivity contribution < 1.29 is 13.6 Å². The van der Waals surface area contributed by atoms with Crippen LogP contribution in [-0.4, -0.2) is 30.3 Å². The second-order valence-electron chi connectivity index (χ2n) is 5.07. The molecule has 2 nitrogen and oxygen atoms in total. The Morgan fingerprint density at radius 1 is 1.24 bits per heavy atom. The van der Waals surface area contributed by atoms with Crippen LogP contribution in [0.5, 0.6) is 0 Å². The molecule has 0 aliphatic heterocycles. The molecule has 112 valence electrons. The zero-order chi connectivity index (χ0) is 15.4. The third-order valence-electron chi connectivity index (χ3n) is 3.46. The number of Topliss-reactive ketones (excluding diaryl/α,β-unsaturated/α-hetero) is 1. The lowest BCUT2D eigenvalue weighted by atomic mass is 10.1. The number of likely N-dealkylation sites (N-methyl/N-ethyl adjacent to an activating group) is 1. The zero-order valence-corrected chi connectivity index (χ0v) is 12.8. The normalized spacial score (nSPS) is 12.6. The monoisotopic (exact) mass is 309 g/mol. The Hall–Kier alpha value is -1.59. The lowest BCUT2D eigenvalue weighted by Crippen LogP contribution is -2.35. The molecule has 2 aromatic rings. The van der Waals surface area contributed by atoms with Crippen LogP contribution in [0.4, 0.5) is 8.78 Å². The van der Waals surface area contributed by atoms with Crippen molar-refractivity contribution in [1.29, 1.82) is 0 Å². The van der Waals surface area contributed by atoms with E-state index in [-0.39, 0.29) is 12.6 Å². The average Bonchev–Trinajstić information content (AvgIpc) is 2.91. The third kappa shape index (κ3) is 3.95. The van der Waals surface area contributed by atoms with Gasteiger partial charge in [-0.3, -0.25) is 9.69 Å². The predicted molar refractivity (Wildman–Crippen MR) is 80.8 cm³/mol. The highest BCUT2D eigenvalue weighted by atomic mass is 32.1. The summed E-state index contributed by atoms with van der Waals surface area (Å²) in [6, 6.07) is 7.59. The van der Waals surface area contributed by atoms with Gasteiger partial charge < -0.3 is 0 Å². The molecule has 0 saturated heterocycles. The molecule has 0 radical (unpaired) electrons. The van der Waals surface area contributed by atoms with Gasteiger partial charge in [-0.2, -0.15) is 0 Å². The lowest BCUT2D eigenvalue weighted by molar-refractivity contribution is 0.0916. The fraction of sp³-hybridized carbons (Fsp3) is 0.312. The van der Waals surface area contributed by atoms with Crippen LogP contribution in [0.2, 0.25) is 0 Å². The molecule has 0 aliphatic carbocycles. The van der Waals surface area contributed by atoms with E-state index in [4.69, 9.17) is 0 Å². The Kier molecular flexibility index (Phi) is 5.20. The number of carbonyl (C=O) groups is 1. The molecule has 2 rings (SSSR count). The van der Waals surface area contributed by atoms with Gasteiger partial charge in [-0.1, -0.05) is 12.1 Å². The Bertz CT molecular complexity index is 592. The zero-order valence-electron chi connectivity index (χ0n) is 12.0. The van der Waals surface area contributed by atoms with E-state index in [0.717, 1.165) is 18.6 Å². The maximum Gasteiger partial charge on any atom is 0.182 e. The summed E-state index contributed by atoms with van der Waals surface area (Å²) < 4.78 is 27.2. The lowest BCUT2D eigenvalue weighted by Gasteiger charge is -2.23. The van der Waals surface area contributed by atoms with Crippen LogP contribution in [-0.2, 0) is 6.42 Å². The summed E-state index contributed by atoms with van der Waals surface area (Å²) in [5, 5.41) is 2.00. The van der Waals surface area contributed by atoms with E-state index in [1.165, 1.54) is 10.9 Å². The highest BCUT2D eigenvalue weighted by molar-refractivity contribution is 7.09. The van der Waals surface area contributed by atoms with Crippen molar-refractivity contribution in [2.24, 2.45) is 0 Å². The van der Waals surface area contributed by atoms with E-state index < -0.39 is 23.0 Å². The van der Waals surface area contributed by atoms with Gasteiger partial charge in [0.1, 0.15) is 11.6 Å². The highest BCUT2D eigenvalue weighted by Gasteiger charge is 2.20. The van der Waals surface area contributed by atoms with Gasteiger partial charge in [-0.15, -0.1) is 11.3 Å². The molecular formula is C16H17F2NOS. The molecule has 0 bridgehead atoms. The summed E-state index contributed by atoms with van der Waals surface area (Å²) in [5.41, 5.74) is -0.451. The molecule has 1 unspecified atom stereocenters. The van der Waals surface area contributed by atoms with Gasteiger partial charge >= 0.3 is 0 Å². The number of hydrogen-bond acceptors (Lipinski definition) is 3. The number of halogens is 2. The summed E-state index contributed by atoms with van der Waals surface area (Å²) in [7, 11) is 1.79. The minimum absolute atomic E-state index is 0.00953. The minimum atomic E-state index is -0.806. The summed E-state index contributed by atoms with van der Waals surface area (Å²) in [6.07, 6.45) is 0.807. The number of rotatable bonds is 6. The number of thiophene rings is 1. The SMILES string of the molecule is CC(Cc1cccs1)N(C)CC(=O)c1c(F)cccc1F.